The largest absolute Gasteiger partial charge is 0.493 e. The first kappa shape index (κ1) is 16.7. The van der Waals surface area contributed by atoms with E-state index >= 15 is 0 Å². The van der Waals surface area contributed by atoms with Crippen LogP contribution >= 0.6 is 0 Å². The van der Waals surface area contributed by atoms with Gasteiger partial charge in [-0.1, -0.05) is 0 Å². The Bertz CT molecular complexity index is 602. The van der Waals surface area contributed by atoms with Crippen LogP contribution in [0.1, 0.15) is 19.3 Å². The van der Waals surface area contributed by atoms with E-state index in [2.05, 4.69) is 5.43 Å². The minimum Gasteiger partial charge on any atom is -0.493 e. The molecule has 7 heteroatoms. The van der Waals surface area contributed by atoms with Crippen LogP contribution in [-0.2, 0) is 9.59 Å². The quantitative estimate of drug-likeness (QED) is 0.610. The Morgan fingerprint density at radius 2 is 1.74 bits per heavy atom. The lowest BCUT2D eigenvalue weighted by Crippen LogP contribution is -2.37. The zero-order valence-corrected chi connectivity index (χ0v) is 13.4. The van der Waals surface area contributed by atoms with Crippen molar-refractivity contribution in [1.82, 2.24) is 5.43 Å². The van der Waals surface area contributed by atoms with E-state index < -0.39 is 0 Å². The van der Waals surface area contributed by atoms with Crippen LogP contribution in [0.4, 0.5) is 5.69 Å². The molecule has 2 rings (SSSR count). The SMILES string of the molecule is COc1cc(N(C=O)NC2=CC(=O)CCC2)cc(OC)c1OC. The molecule has 1 N–H and O–H groups in total. The molecule has 23 heavy (non-hydrogen) atoms. The van der Waals surface area contributed by atoms with Crippen LogP contribution in [0.5, 0.6) is 17.2 Å². The van der Waals surface area contributed by atoms with E-state index in [1.54, 1.807) is 12.1 Å². The molecule has 0 saturated carbocycles. The highest BCUT2D eigenvalue weighted by Crippen LogP contribution is 2.40. The van der Waals surface area contributed by atoms with E-state index in [-0.39, 0.29) is 5.78 Å². The number of amides is 1. The third-order valence-electron chi connectivity index (χ3n) is 3.50. The Morgan fingerprint density at radius 3 is 2.22 bits per heavy atom. The molecule has 0 bridgehead atoms. The molecule has 1 aliphatic carbocycles. The normalized spacial score (nSPS) is 13.9. The highest BCUT2D eigenvalue weighted by atomic mass is 16.5. The van der Waals surface area contributed by atoms with Crippen LogP contribution in [0, 0.1) is 0 Å². The van der Waals surface area contributed by atoms with Crippen LogP contribution in [0.15, 0.2) is 23.9 Å². The van der Waals surface area contributed by atoms with Crippen molar-refractivity contribution in [3.8, 4) is 17.2 Å². The molecule has 0 aromatic heterocycles. The van der Waals surface area contributed by atoms with E-state index in [4.69, 9.17) is 14.2 Å². The summed E-state index contributed by atoms with van der Waals surface area (Å²) in [6.07, 6.45) is 4.16. The summed E-state index contributed by atoms with van der Waals surface area (Å²) in [6.45, 7) is 0. The number of anilines is 1. The molecule has 0 fully saturated rings. The van der Waals surface area contributed by atoms with Gasteiger partial charge in [0.1, 0.15) is 0 Å². The van der Waals surface area contributed by atoms with E-state index in [0.717, 1.165) is 6.42 Å². The molecule has 1 amide bonds. The van der Waals surface area contributed by atoms with Crippen molar-refractivity contribution in [3.05, 3.63) is 23.9 Å². The number of rotatable bonds is 7. The lowest BCUT2D eigenvalue weighted by atomic mass is 10.0. The average Bonchev–Trinajstić information content (AvgIpc) is 2.58. The first-order valence-electron chi connectivity index (χ1n) is 7.17. The van der Waals surface area contributed by atoms with E-state index in [1.165, 1.54) is 32.4 Å². The number of hydrazine groups is 1. The highest BCUT2D eigenvalue weighted by molar-refractivity contribution is 5.91. The number of methoxy groups -OCH3 is 3. The molecule has 0 heterocycles. The molecule has 0 spiro atoms. The molecule has 1 aromatic carbocycles. The monoisotopic (exact) mass is 320 g/mol. The Morgan fingerprint density at radius 1 is 1.09 bits per heavy atom. The lowest BCUT2D eigenvalue weighted by molar-refractivity contribution is -0.115. The number of ketones is 1. The number of hydrogen-bond acceptors (Lipinski definition) is 6. The van der Waals surface area contributed by atoms with Crippen molar-refractivity contribution in [2.45, 2.75) is 19.3 Å². The molecule has 0 saturated heterocycles. The average molecular weight is 320 g/mol. The maximum absolute atomic E-state index is 11.5. The second-order valence-electron chi connectivity index (χ2n) is 4.96. The number of ether oxygens (including phenoxy) is 3. The van der Waals surface area contributed by atoms with Crippen molar-refractivity contribution in [1.29, 1.82) is 0 Å². The zero-order chi connectivity index (χ0) is 16.8. The summed E-state index contributed by atoms with van der Waals surface area (Å²) >= 11 is 0. The summed E-state index contributed by atoms with van der Waals surface area (Å²) in [6, 6.07) is 3.29. The van der Waals surface area contributed by atoms with Crippen LogP contribution in [-0.4, -0.2) is 33.5 Å². The summed E-state index contributed by atoms with van der Waals surface area (Å²) in [7, 11) is 4.51. The first-order valence-corrected chi connectivity index (χ1v) is 7.17. The molecular weight excluding hydrogens is 300 g/mol. The van der Waals surface area contributed by atoms with E-state index in [0.29, 0.717) is 47.9 Å². The molecule has 124 valence electrons. The van der Waals surface area contributed by atoms with Gasteiger partial charge in [-0.3, -0.25) is 15.0 Å². The van der Waals surface area contributed by atoms with Gasteiger partial charge >= 0.3 is 0 Å². The van der Waals surface area contributed by atoms with Gasteiger partial charge in [0, 0.05) is 30.3 Å². The van der Waals surface area contributed by atoms with Gasteiger partial charge < -0.3 is 14.2 Å². The van der Waals surface area contributed by atoms with Crippen LogP contribution < -0.4 is 24.6 Å². The third kappa shape index (κ3) is 3.74. The molecule has 1 aliphatic rings. The van der Waals surface area contributed by atoms with Gasteiger partial charge in [0.25, 0.3) is 0 Å². The maximum atomic E-state index is 11.5. The van der Waals surface area contributed by atoms with Crippen molar-refractivity contribution in [2.75, 3.05) is 26.3 Å². The smallest absolute Gasteiger partial charge is 0.232 e. The van der Waals surface area contributed by atoms with Gasteiger partial charge in [-0.05, 0) is 12.8 Å². The highest BCUT2D eigenvalue weighted by Gasteiger charge is 2.18. The third-order valence-corrected chi connectivity index (χ3v) is 3.50. The summed E-state index contributed by atoms with van der Waals surface area (Å²) in [4.78, 5) is 22.9. The summed E-state index contributed by atoms with van der Waals surface area (Å²) in [5.41, 5.74) is 4.15. The van der Waals surface area contributed by atoms with Gasteiger partial charge in [-0.15, -0.1) is 0 Å². The van der Waals surface area contributed by atoms with Gasteiger partial charge in [-0.25, -0.2) is 5.01 Å². The number of allylic oxidation sites excluding steroid dienone is 2. The molecular formula is C16H20N2O5. The lowest BCUT2D eigenvalue weighted by Gasteiger charge is -2.24. The summed E-state index contributed by atoms with van der Waals surface area (Å²) < 4.78 is 15.8. The van der Waals surface area contributed by atoms with Gasteiger partial charge in [-0.2, -0.15) is 0 Å². The molecule has 7 nitrogen and oxygen atoms in total. The minimum atomic E-state index is 0.0505. The Labute approximate surface area is 134 Å². The fourth-order valence-electron chi connectivity index (χ4n) is 2.39. The number of nitrogens with zero attached hydrogens (tertiary/aromatic N) is 1. The standard InChI is InChI=1S/C16H20N2O5/c1-21-14-8-12(9-15(22-2)16(14)23-3)18(10-19)17-11-5-4-6-13(20)7-11/h7-10,17H,4-6H2,1-3H3. The van der Waals surface area contributed by atoms with Crippen LogP contribution in [0.2, 0.25) is 0 Å². The zero-order valence-electron chi connectivity index (χ0n) is 13.4. The maximum Gasteiger partial charge on any atom is 0.232 e. The fraction of sp³-hybridized carbons (Fsp3) is 0.375. The van der Waals surface area contributed by atoms with E-state index in [9.17, 15) is 9.59 Å². The predicted octanol–water partition coefficient (Wildman–Crippen LogP) is 1.82. The molecule has 0 unspecified atom stereocenters. The second kappa shape index (κ2) is 7.53. The fourth-order valence-corrected chi connectivity index (χ4v) is 2.39. The van der Waals surface area contributed by atoms with Crippen molar-refractivity contribution in [2.24, 2.45) is 0 Å². The van der Waals surface area contributed by atoms with Gasteiger partial charge in [0.05, 0.1) is 27.0 Å². The second-order valence-corrected chi connectivity index (χ2v) is 4.96. The number of carbonyl (C=O) groups is 2. The number of hydrogen-bond donors (Lipinski definition) is 1. The topological polar surface area (TPSA) is 77.1 Å². The number of benzene rings is 1. The van der Waals surface area contributed by atoms with Crippen LogP contribution in [0.3, 0.4) is 0 Å². The van der Waals surface area contributed by atoms with Crippen LogP contribution in [0.25, 0.3) is 0 Å². The molecule has 1 aromatic rings. The summed E-state index contributed by atoms with van der Waals surface area (Å²) in [5, 5.41) is 1.27. The van der Waals surface area contributed by atoms with Crippen molar-refractivity contribution >= 4 is 17.9 Å². The Kier molecular flexibility index (Phi) is 5.46. The van der Waals surface area contributed by atoms with Gasteiger partial charge in [0.2, 0.25) is 12.2 Å². The van der Waals surface area contributed by atoms with Crippen molar-refractivity contribution < 1.29 is 23.8 Å². The molecule has 0 atom stereocenters. The van der Waals surface area contributed by atoms with Crippen molar-refractivity contribution in [3.63, 3.8) is 0 Å². The predicted molar refractivity (Wildman–Crippen MR) is 84.7 cm³/mol. The summed E-state index contributed by atoms with van der Waals surface area (Å²) in [5.74, 6) is 1.36. The van der Waals surface area contributed by atoms with Gasteiger partial charge in [0.15, 0.2) is 17.3 Å². The Balaban J connectivity index is 2.33. The minimum absolute atomic E-state index is 0.0505. The Hall–Kier alpha value is -2.70. The first-order chi connectivity index (χ1) is 11.1. The number of carbonyl (C=O) groups excluding carboxylic acids is 2. The molecule has 0 radical (unpaired) electrons. The number of nitrogens with one attached hydrogen (secondary N) is 1. The molecule has 0 aliphatic heterocycles. The van der Waals surface area contributed by atoms with E-state index in [1.807, 2.05) is 0 Å².